The van der Waals surface area contributed by atoms with Crippen LogP contribution in [0, 0.1) is 0 Å². The lowest BCUT2D eigenvalue weighted by Gasteiger charge is -2.28. The maximum atomic E-state index is 10.6. The average molecular weight is 310 g/mol. The van der Waals surface area contributed by atoms with Crippen LogP contribution in [0.5, 0.6) is 0 Å². The number of nitrogens with zero attached hydrogens (tertiary/aromatic N) is 2. The fourth-order valence-corrected chi connectivity index (χ4v) is 2.52. The smallest absolute Gasteiger partial charge is 0.328 e. The van der Waals surface area contributed by atoms with E-state index < -0.39 is 5.97 Å². The molecular weight excluding hydrogens is 292 g/mol. The highest BCUT2D eigenvalue weighted by Gasteiger charge is 2.12. The van der Waals surface area contributed by atoms with E-state index in [4.69, 9.17) is 14.8 Å². The van der Waals surface area contributed by atoms with Gasteiger partial charge < -0.3 is 14.7 Å². The number of aliphatic carboxylic acids is 1. The Morgan fingerprint density at radius 3 is 2.74 bits per heavy atom. The molecule has 5 heteroatoms. The molecule has 0 saturated carbocycles. The average Bonchev–Trinajstić information content (AvgIpc) is 2.61. The Hall–Kier alpha value is -2.66. The number of carboxylic acids is 1. The Morgan fingerprint density at radius 2 is 1.96 bits per heavy atom. The second-order valence-corrected chi connectivity index (χ2v) is 5.28. The van der Waals surface area contributed by atoms with Crippen molar-refractivity contribution in [2.45, 2.75) is 0 Å². The number of anilines is 1. The number of morpholine rings is 1. The van der Waals surface area contributed by atoms with Gasteiger partial charge >= 0.3 is 5.97 Å². The summed E-state index contributed by atoms with van der Waals surface area (Å²) >= 11 is 0. The molecule has 1 aromatic heterocycles. The van der Waals surface area contributed by atoms with Gasteiger partial charge in [-0.15, -0.1) is 0 Å². The lowest BCUT2D eigenvalue weighted by Crippen LogP contribution is -2.36. The summed E-state index contributed by atoms with van der Waals surface area (Å²) in [5.74, 6) is -0.0138. The van der Waals surface area contributed by atoms with Crippen molar-refractivity contribution >= 4 is 17.9 Å². The summed E-state index contributed by atoms with van der Waals surface area (Å²) in [7, 11) is 0. The lowest BCUT2D eigenvalue weighted by molar-refractivity contribution is -0.131. The number of ether oxygens (including phenoxy) is 1. The van der Waals surface area contributed by atoms with Crippen molar-refractivity contribution in [1.82, 2.24) is 4.98 Å². The van der Waals surface area contributed by atoms with Crippen molar-refractivity contribution in [3.8, 4) is 11.3 Å². The van der Waals surface area contributed by atoms with Gasteiger partial charge in [0, 0.05) is 24.7 Å². The van der Waals surface area contributed by atoms with Gasteiger partial charge in [-0.3, -0.25) is 0 Å². The second-order valence-electron chi connectivity index (χ2n) is 5.28. The molecule has 3 rings (SSSR count). The van der Waals surface area contributed by atoms with Crippen molar-refractivity contribution < 1.29 is 14.6 Å². The molecule has 1 aromatic carbocycles. The third-order valence-corrected chi connectivity index (χ3v) is 3.67. The molecule has 1 fully saturated rings. The third kappa shape index (κ3) is 3.96. The third-order valence-electron chi connectivity index (χ3n) is 3.67. The van der Waals surface area contributed by atoms with Crippen LogP contribution < -0.4 is 4.90 Å². The van der Waals surface area contributed by atoms with E-state index in [1.165, 1.54) is 0 Å². The predicted octanol–water partition coefficient (Wildman–Crippen LogP) is 2.68. The maximum absolute atomic E-state index is 10.6. The zero-order chi connectivity index (χ0) is 16.1. The molecule has 1 aliphatic rings. The molecule has 0 bridgehead atoms. The van der Waals surface area contributed by atoms with Crippen LogP contribution in [-0.2, 0) is 9.53 Å². The number of rotatable bonds is 4. The minimum atomic E-state index is -0.956. The molecule has 23 heavy (non-hydrogen) atoms. The Kier molecular flexibility index (Phi) is 4.68. The van der Waals surface area contributed by atoms with Gasteiger partial charge in [0.1, 0.15) is 5.82 Å². The van der Waals surface area contributed by atoms with Crippen molar-refractivity contribution in [3.63, 3.8) is 0 Å². The first-order valence-electron chi connectivity index (χ1n) is 7.53. The molecule has 0 radical (unpaired) electrons. The second kappa shape index (κ2) is 7.07. The largest absolute Gasteiger partial charge is 0.478 e. The lowest BCUT2D eigenvalue weighted by atomic mass is 10.1. The molecule has 118 valence electrons. The van der Waals surface area contributed by atoms with E-state index in [2.05, 4.69) is 4.90 Å². The summed E-state index contributed by atoms with van der Waals surface area (Å²) in [4.78, 5) is 17.6. The Bertz CT molecular complexity index is 722. The fraction of sp³-hybridized carbons (Fsp3) is 0.222. The molecule has 2 heterocycles. The first-order chi connectivity index (χ1) is 11.2. The van der Waals surface area contributed by atoms with Gasteiger partial charge in [-0.05, 0) is 29.8 Å². The number of pyridine rings is 1. The number of carbonyl (C=O) groups is 1. The zero-order valence-electron chi connectivity index (χ0n) is 12.7. The Balaban J connectivity index is 1.86. The van der Waals surface area contributed by atoms with Gasteiger partial charge in [-0.2, -0.15) is 0 Å². The quantitative estimate of drug-likeness (QED) is 0.880. The highest BCUT2D eigenvalue weighted by molar-refractivity contribution is 5.85. The Morgan fingerprint density at radius 1 is 1.17 bits per heavy atom. The Labute approximate surface area is 134 Å². The normalized spacial score (nSPS) is 15.0. The van der Waals surface area contributed by atoms with E-state index in [-0.39, 0.29) is 0 Å². The van der Waals surface area contributed by atoms with Gasteiger partial charge in [0.25, 0.3) is 0 Å². The highest BCUT2D eigenvalue weighted by Crippen LogP contribution is 2.22. The summed E-state index contributed by atoms with van der Waals surface area (Å²) in [6, 6.07) is 13.6. The molecule has 1 N–H and O–H groups in total. The van der Waals surface area contributed by atoms with Crippen molar-refractivity contribution in [2.24, 2.45) is 0 Å². The minimum absolute atomic E-state index is 0.724. The monoisotopic (exact) mass is 310 g/mol. The fourth-order valence-electron chi connectivity index (χ4n) is 2.52. The number of hydrogen-bond donors (Lipinski definition) is 1. The zero-order valence-corrected chi connectivity index (χ0v) is 12.7. The summed E-state index contributed by atoms with van der Waals surface area (Å²) in [5, 5.41) is 8.73. The number of hydrogen-bond acceptors (Lipinski definition) is 4. The molecule has 2 aromatic rings. The van der Waals surface area contributed by atoms with Crippen LogP contribution in [0.25, 0.3) is 17.3 Å². The standard InChI is InChI=1S/C18H18N2O3/c21-18(22)8-7-14-3-1-4-15(13-14)16-5-2-6-17(19-16)20-9-11-23-12-10-20/h1-8,13H,9-12H2,(H,21,22). The summed E-state index contributed by atoms with van der Waals surface area (Å²) in [6.45, 7) is 3.14. The molecule has 0 aliphatic carbocycles. The first-order valence-corrected chi connectivity index (χ1v) is 7.53. The highest BCUT2D eigenvalue weighted by atomic mass is 16.5. The van der Waals surface area contributed by atoms with Crippen molar-refractivity contribution in [1.29, 1.82) is 0 Å². The van der Waals surface area contributed by atoms with Crippen LogP contribution in [0.2, 0.25) is 0 Å². The number of carboxylic acid groups (broad SMARTS) is 1. The van der Waals surface area contributed by atoms with Crippen LogP contribution in [0.15, 0.2) is 48.5 Å². The molecule has 5 nitrogen and oxygen atoms in total. The summed E-state index contributed by atoms with van der Waals surface area (Å²) < 4.78 is 5.37. The van der Waals surface area contributed by atoms with Crippen molar-refractivity contribution in [3.05, 3.63) is 54.1 Å². The molecule has 0 spiro atoms. The molecule has 1 aliphatic heterocycles. The molecule has 0 unspecified atom stereocenters. The van der Waals surface area contributed by atoms with Gasteiger partial charge in [0.2, 0.25) is 0 Å². The number of aromatic nitrogens is 1. The van der Waals surface area contributed by atoms with Gasteiger partial charge in [-0.25, -0.2) is 9.78 Å². The molecule has 0 atom stereocenters. The topological polar surface area (TPSA) is 62.7 Å². The van der Waals surface area contributed by atoms with Gasteiger partial charge in [0.05, 0.1) is 18.9 Å². The van der Waals surface area contributed by atoms with E-state index in [9.17, 15) is 4.79 Å². The van der Waals surface area contributed by atoms with Crippen LogP contribution in [-0.4, -0.2) is 42.4 Å². The van der Waals surface area contributed by atoms with E-state index in [0.29, 0.717) is 0 Å². The van der Waals surface area contributed by atoms with Crippen LogP contribution >= 0.6 is 0 Å². The van der Waals surface area contributed by atoms with Crippen molar-refractivity contribution in [2.75, 3.05) is 31.2 Å². The first kappa shape index (κ1) is 15.2. The van der Waals surface area contributed by atoms with Gasteiger partial charge in [-0.1, -0.05) is 24.3 Å². The predicted molar refractivity (Wildman–Crippen MR) is 89.4 cm³/mol. The maximum Gasteiger partial charge on any atom is 0.328 e. The van der Waals surface area contributed by atoms with E-state index in [0.717, 1.165) is 55.0 Å². The van der Waals surface area contributed by atoms with E-state index in [1.54, 1.807) is 6.08 Å². The number of benzene rings is 1. The molecule has 1 saturated heterocycles. The van der Waals surface area contributed by atoms with E-state index >= 15 is 0 Å². The molecule has 0 amide bonds. The molecular formula is C18H18N2O3. The minimum Gasteiger partial charge on any atom is -0.478 e. The summed E-state index contributed by atoms with van der Waals surface area (Å²) in [6.07, 6.45) is 2.72. The van der Waals surface area contributed by atoms with Crippen LogP contribution in [0.3, 0.4) is 0 Å². The van der Waals surface area contributed by atoms with Crippen LogP contribution in [0.4, 0.5) is 5.82 Å². The van der Waals surface area contributed by atoms with Gasteiger partial charge in [0.15, 0.2) is 0 Å². The van der Waals surface area contributed by atoms with Crippen LogP contribution in [0.1, 0.15) is 5.56 Å². The van der Waals surface area contributed by atoms with E-state index in [1.807, 2.05) is 42.5 Å². The SMILES string of the molecule is O=C(O)C=Cc1cccc(-c2cccc(N3CCOCC3)n2)c1. The summed E-state index contributed by atoms with van der Waals surface area (Å²) in [5.41, 5.74) is 2.68.